The van der Waals surface area contributed by atoms with Crippen LogP contribution in [0.4, 0.5) is 5.13 Å². The fourth-order valence-corrected chi connectivity index (χ4v) is 3.93. The summed E-state index contributed by atoms with van der Waals surface area (Å²) in [5, 5.41) is 12.0. The van der Waals surface area contributed by atoms with E-state index in [9.17, 15) is 4.79 Å². The molecule has 0 unspecified atom stereocenters. The SMILES string of the molecule is CC1(C)CCCO1.CCC(C)C.COc1cnc(Cl)cc1-c1cc(C)ncc1C(=O)Nc1nnc(C)s1. The third-order valence-corrected chi connectivity index (χ3v) is 6.57. The molecular weight excluding hydrogens is 510 g/mol. The second-order valence-electron chi connectivity index (χ2n) is 9.67. The van der Waals surface area contributed by atoms with Crippen LogP contribution < -0.4 is 10.1 Å². The first-order valence-corrected chi connectivity index (χ1v) is 13.6. The van der Waals surface area contributed by atoms with Crippen LogP contribution in [0.25, 0.3) is 11.1 Å². The molecule has 1 aliphatic rings. The van der Waals surface area contributed by atoms with Crippen LogP contribution in [0, 0.1) is 19.8 Å². The number of anilines is 1. The van der Waals surface area contributed by atoms with E-state index in [1.807, 2.05) is 13.8 Å². The first-order valence-electron chi connectivity index (χ1n) is 12.4. The molecule has 4 heterocycles. The predicted octanol–water partition coefficient (Wildman–Crippen LogP) is 7.15. The number of hydrogen-bond donors (Lipinski definition) is 1. The Bertz CT molecular complexity index is 1160. The van der Waals surface area contributed by atoms with Crippen LogP contribution in [-0.2, 0) is 4.74 Å². The molecule has 3 aromatic heterocycles. The van der Waals surface area contributed by atoms with Gasteiger partial charge in [-0.25, -0.2) is 4.98 Å². The summed E-state index contributed by atoms with van der Waals surface area (Å²) in [5.41, 5.74) is 2.63. The molecule has 1 fully saturated rings. The molecule has 0 radical (unpaired) electrons. The lowest BCUT2D eigenvalue weighted by Crippen LogP contribution is -2.15. The van der Waals surface area contributed by atoms with Crippen LogP contribution in [0.5, 0.6) is 5.75 Å². The number of ether oxygens (including phenoxy) is 2. The van der Waals surface area contributed by atoms with E-state index in [0.717, 1.165) is 23.2 Å². The van der Waals surface area contributed by atoms with E-state index < -0.39 is 0 Å². The van der Waals surface area contributed by atoms with E-state index in [4.69, 9.17) is 21.1 Å². The maximum Gasteiger partial charge on any atom is 0.259 e. The molecule has 3 aromatic rings. The summed E-state index contributed by atoms with van der Waals surface area (Å²) in [7, 11) is 1.53. The zero-order valence-corrected chi connectivity index (χ0v) is 24.6. The molecule has 0 aromatic carbocycles. The molecule has 1 saturated heterocycles. The lowest BCUT2D eigenvalue weighted by molar-refractivity contribution is 0.0367. The number of rotatable bonds is 5. The normalized spacial score (nSPS) is 13.8. The zero-order chi connectivity index (χ0) is 27.6. The lowest BCUT2D eigenvalue weighted by atomic mass is 10.0. The third kappa shape index (κ3) is 9.98. The summed E-state index contributed by atoms with van der Waals surface area (Å²) in [6.07, 6.45) is 6.81. The Kier molecular flexibility index (Phi) is 11.9. The maximum atomic E-state index is 12.7. The van der Waals surface area contributed by atoms with Crippen LogP contribution in [0.2, 0.25) is 5.15 Å². The minimum atomic E-state index is -0.339. The van der Waals surface area contributed by atoms with Crippen molar-refractivity contribution in [2.75, 3.05) is 19.0 Å². The first kappa shape index (κ1) is 30.6. The summed E-state index contributed by atoms with van der Waals surface area (Å²) in [6.45, 7) is 15.5. The lowest BCUT2D eigenvalue weighted by Gasteiger charge is -2.14. The quantitative estimate of drug-likeness (QED) is 0.338. The first-order chi connectivity index (χ1) is 17.5. The van der Waals surface area contributed by atoms with Crippen molar-refractivity contribution in [1.29, 1.82) is 0 Å². The van der Waals surface area contributed by atoms with Crippen molar-refractivity contribution in [2.24, 2.45) is 5.92 Å². The Morgan fingerprint density at radius 2 is 1.89 bits per heavy atom. The Morgan fingerprint density at radius 1 is 1.19 bits per heavy atom. The van der Waals surface area contributed by atoms with E-state index in [2.05, 4.69) is 60.1 Å². The van der Waals surface area contributed by atoms with E-state index in [0.29, 0.717) is 32.7 Å². The summed E-state index contributed by atoms with van der Waals surface area (Å²) >= 11 is 7.32. The van der Waals surface area contributed by atoms with Crippen molar-refractivity contribution in [3.8, 4) is 16.9 Å². The number of carbonyl (C=O) groups excluding carboxylic acids is 1. The highest BCUT2D eigenvalue weighted by Crippen LogP contribution is 2.34. The standard InChI is InChI=1S/C16H14ClN5O2S.C6H12O.C5H12/c1-8-4-10(11-5-14(17)19-7-13(11)24-3)12(6-18-8)15(23)20-16-22-21-9(2)25-16;1-6(2)4-3-5-7-6;1-4-5(2)3/h4-7H,1-3H3,(H,20,22,23);3-5H2,1-2H3;5H,4H2,1-3H3. The van der Waals surface area contributed by atoms with Crippen molar-refractivity contribution >= 4 is 34.0 Å². The van der Waals surface area contributed by atoms with Crippen molar-refractivity contribution < 1.29 is 14.3 Å². The summed E-state index contributed by atoms with van der Waals surface area (Å²) in [4.78, 5) is 21.0. The number of methoxy groups -OCH3 is 1. The van der Waals surface area contributed by atoms with Crippen molar-refractivity contribution in [2.45, 2.75) is 73.3 Å². The number of aromatic nitrogens is 4. The van der Waals surface area contributed by atoms with Gasteiger partial charge in [0.05, 0.1) is 24.5 Å². The van der Waals surface area contributed by atoms with E-state index >= 15 is 0 Å². The number of pyridine rings is 2. The average molecular weight is 548 g/mol. The number of nitrogens with one attached hydrogen (secondary N) is 1. The van der Waals surface area contributed by atoms with Crippen molar-refractivity contribution in [3.05, 3.63) is 45.9 Å². The van der Waals surface area contributed by atoms with Gasteiger partial charge < -0.3 is 9.47 Å². The fraction of sp³-hybridized carbons (Fsp3) is 0.519. The van der Waals surface area contributed by atoms with Crippen molar-refractivity contribution in [3.63, 3.8) is 0 Å². The molecular formula is C27H38ClN5O3S. The van der Waals surface area contributed by atoms with Crippen molar-refractivity contribution in [1.82, 2.24) is 20.2 Å². The van der Waals surface area contributed by atoms with Gasteiger partial charge in [0, 0.05) is 29.6 Å². The molecule has 0 spiro atoms. The topological polar surface area (TPSA) is 99.1 Å². The third-order valence-electron chi connectivity index (χ3n) is 5.61. The highest BCUT2D eigenvalue weighted by Gasteiger charge is 2.22. The molecule has 37 heavy (non-hydrogen) atoms. The van der Waals surface area contributed by atoms with Gasteiger partial charge in [-0.1, -0.05) is 50.1 Å². The Labute approximate surface area is 229 Å². The van der Waals surface area contributed by atoms with Gasteiger partial charge in [-0.15, -0.1) is 10.2 Å². The van der Waals surface area contributed by atoms with Gasteiger partial charge in [0.25, 0.3) is 5.91 Å². The molecule has 0 atom stereocenters. The highest BCUT2D eigenvalue weighted by molar-refractivity contribution is 7.15. The highest BCUT2D eigenvalue weighted by atomic mass is 35.5. The van der Waals surface area contributed by atoms with Gasteiger partial charge in [-0.2, -0.15) is 0 Å². The van der Waals surface area contributed by atoms with Crippen LogP contribution in [0.3, 0.4) is 0 Å². The van der Waals surface area contributed by atoms with Crippen LogP contribution in [-0.4, -0.2) is 45.4 Å². The molecule has 0 bridgehead atoms. The Balaban J connectivity index is 0.000000330. The molecule has 4 rings (SSSR count). The molecule has 0 aliphatic carbocycles. The number of amides is 1. The molecule has 1 aliphatic heterocycles. The summed E-state index contributed by atoms with van der Waals surface area (Å²) < 4.78 is 10.7. The second kappa shape index (κ2) is 14.4. The largest absolute Gasteiger partial charge is 0.494 e. The van der Waals surface area contributed by atoms with Crippen LogP contribution in [0.1, 0.15) is 74.9 Å². The maximum absolute atomic E-state index is 12.7. The molecule has 1 amide bonds. The average Bonchev–Trinajstić information content (AvgIpc) is 3.46. The van der Waals surface area contributed by atoms with Gasteiger partial charge in [0.1, 0.15) is 15.9 Å². The smallest absolute Gasteiger partial charge is 0.259 e. The van der Waals surface area contributed by atoms with Crippen LogP contribution >= 0.6 is 22.9 Å². The molecule has 202 valence electrons. The van der Waals surface area contributed by atoms with E-state index in [1.165, 1.54) is 50.1 Å². The Hall–Kier alpha value is -2.62. The molecule has 8 nitrogen and oxygen atoms in total. The van der Waals surface area contributed by atoms with Gasteiger partial charge in [-0.05, 0) is 58.6 Å². The Morgan fingerprint density at radius 3 is 2.38 bits per heavy atom. The predicted molar refractivity (Wildman–Crippen MR) is 151 cm³/mol. The van der Waals surface area contributed by atoms with Gasteiger partial charge in [0.2, 0.25) is 5.13 Å². The minimum Gasteiger partial charge on any atom is -0.494 e. The van der Waals surface area contributed by atoms with Gasteiger partial charge >= 0.3 is 0 Å². The number of nitrogens with zero attached hydrogens (tertiary/aromatic N) is 4. The molecule has 1 N–H and O–H groups in total. The number of aryl methyl sites for hydroxylation is 2. The second-order valence-corrected chi connectivity index (χ2v) is 11.2. The molecule has 0 saturated carbocycles. The number of hydrogen-bond acceptors (Lipinski definition) is 8. The zero-order valence-electron chi connectivity index (χ0n) is 23.0. The summed E-state index contributed by atoms with van der Waals surface area (Å²) in [5.74, 6) is 1.06. The van der Waals surface area contributed by atoms with Crippen LogP contribution in [0.15, 0.2) is 24.5 Å². The monoisotopic (exact) mass is 547 g/mol. The minimum absolute atomic E-state index is 0.194. The van der Waals surface area contributed by atoms with E-state index in [-0.39, 0.29) is 11.5 Å². The fourth-order valence-electron chi connectivity index (χ4n) is 3.18. The number of carbonyl (C=O) groups is 1. The van der Waals surface area contributed by atoms with E-state index in [1.54, 1.807) is 12.1 Å². The van der Waals surface area contributed by atoms with Gasteiger partial charge in [0.15, 0.2) is 0 Å². The molecule has 10 heteroatoms. The van der Waals surface area contributed by atoms with Gasteiger partial charge in [-0.3, -0.25) is 15.1 Å². The number of halogens is 1. The summed E-state index contributed by atoms with van der Waals surface area (Å²) in [6, 6.07) is 3.45.